The summed E-state index contributed by atoms with van der Waals surface area (Å²) in [7, 11) is 0. The molecule has 0 spiro atoms. The highest BCUT2D eigenvalue weighted by atomic mass is 127. The van der Waals surface area contributed by atoms with Crippen LogP contribution in [0.4, 0.5) is 0 Å². The molecule has 8 heteroatoms. The van der Waals surface area contributed by atoms with E-state index in [4.69, 9.17) is 16.3 Å². The van der Waals surface area contributed by atoms with E-state index in [1.165, 1.54) is 11.8 Å². The van der Waals surface area contributed by atoms with Gasteiger partial charge in [0.2, 0.25) is 0 Å². The predicted octanol–water partition coefficient (Wildman–Crippen LogP) is 7.22. The molecule has 31 heavy (non-hydrogen) atoms. The molecular formula is C23H23ClI2N2O2S. The van der Waals surface area contributed by atoms with Gasteiger partial charge in [0.15, 0.2) is 5.17 Å². The maximum atomic E-state index is 13.0. The lowest BCUT2D eigenvalue weighted by Crippen LogP contribution is -2.35. The van der Waals surface area contributed by atoms with Crippen LogP contribution in [0.15, 0.2) is 46.3 Å². The number of nitrogens with zero attached hydrogens (tertiary/aromatic N) is 2. The first-order chi connectivity index (χ1) is 14.7. The first kappa shape index (κ1) is 24.9. The summed E-state index contributed by atoms with van der Waals surface area (Å²) in [5.41, 5.74) is 1.91. The van der Waals surface area contributed by atoms with E-state index in [1.807, 2.05) is 70.2 Å². The topological polar surface area (TPSA) is 41.9 Å². The lowest BCUT2D eigenvalue weighted by molar-refractivity contribution is -0.123. The van der Waals surface area contributed by atoms with Crippen molar-refractivity contribution in [1.29, 1.82) is 0 Å². The molecule has 0 unspecified atom stereocenters. The molecule has 0 bridgehead atoms. The molecular weight excluding hydrogens is 658 g/mol. The number of ether oxygens (including phenoxy) is 1. The van der Waals surface area contributed by atoms with Crippen LogP contribution in [0, 0.1) is 7.14 Å². The summed E-state index contributed by atoms with van der Waals surface area (Å²) in [4.78, 5) is 20.1. The van der Waals surface area contributed by atoms with Crippen molar-refractivity contribution in [2.45, 2.75) is 46.4 Å². The van der Waals surface area contributed by atoms with Gasteiger partial charge in [-0.3, -0.25) is 14.7 Å². The van der Waals surface area contributed by atoms with Crippen LogP contribution in [0.3, 0.4) is 0 Å². The van der Waals surface area contributed by atoms with Crippen LogP contribution in [0.25, 0.3) is 6.08 Å². The van der Waals surface area contributed by atoms with E-state index in [0.29, 0.717) is 16.5 Å². The first-order valence-corrected chi connectivity index (χ1v) is 13.2. The third-order valence-electron chi connectivity index (χ3n) is 4.37. The maximum Gasteiger partial charge on any atom is 0.266 e. The number of rotatable bonds is 6. The molecule has 1 aliphatic rings. The molecule has 0 aliphatic carbocycles. The molecule has 0 aromatic heterocycles. The second-order valence-corrected chi connectivity index (χ2v) is 11.3. The maximum absolute atomic E-state index is 13.0. The van der Waals surface area contributed by atoms with Crippen LogP contribution >= 0.6 is 68.5 Å². The van der Waals surface area contributed by atoms with E-state index in [0.717, 1.165) is 29.2 Å². The van der Waals surface area contributed by atoms with Crippen molar-refractivity contribution in [3.8, 4) is 5.75 Å². The Morgan fingerprint density at radius 1 is 1.16 bits per heavy atom. The lowest BCUT2D eigenvalue weighted by atomic mass is 10.2. The Balaban J connectivity index is 1.85. The number of benzene rings is 2. The van der Waals surface area contributed by atoms with E-state index in [2.05, 4.69) is 50.2 Å². The van der Waals surface area contributed by atoms with Gasteiger partial charge in [-0.15, -0.1) is 0 Å². The summed E-state index contributed by atoms with van der Waals surface area (Å²) < 4.78 is 8.03. The zero-order valence-corrected chi connectivity index (χ0v) is 23.5. The summed E-state index contributed by atoms with van der Waals surface area (Å²) in [6.45, 7) is 8.45. The van der Waals surface area contributed by atoms with Crippen molar-refractivity contribution in [2.75, 3.05) is 0 Å². The van der Waals surface area contributed by atoms with Gasteiger partial charge in [0.1, 0.15) is 12.4 Å². The Bertz CT molecular complexity index is 1030. The van der Waals surface area contributed by atoms with Crippen LogP contribution in [-0.4, -0.2) is 28.1 Å². The van der Waals surface area contributed by atoms with Gasteiger partial charge in [-0.1, -0.05) is 29.8 Å². The molecule has 1 saturated heterocycles. The number of thioether (sulfide) groups is 1. The minimum Gasteiger partial charge on any atom is -0.487 e. The number of carbonyl (C=O) groups is 1. The van der Waals surface area contributed by atoms with Gasteiger partial charge in [0.25, 0.3) is 5.91 Å². The average molecular weight is 681 g/mol. The van der Waals surface area contributed by atoms with Gasteiger partial charge >= 0.3 is 0 Å². The Labute approximate surface area is 220 Å². The van der Waals surface area contributed by atoms with E-state index in [-0.39, 0.29) is 18.0 Å². The van der Waals surface area contributed by atoms with Gasteiger partial charge in [-0.05, 0) is 114 Å². The van der Waals surface area contributed by atoms with Gasteiger partial charge in [-0.2, -0.15) is 0 Å². The highest BCUT2D eigenvalue weighted by Gasteiger charge is 2.35. The van der Waals surface area contributed by atoms with Crippen LogP contribution in [0.1, 0.15) is 38.8 Å². The van der Waals surface area contributed by atoms with Crippen molar-refractivity contribution in [2.24, 2.45) is 4.99 Å². The van der Waals surface area contributed by atoms with Crippen LogP contribution in [0.5, 0.6) is 5.75 Å². The molecule has 164 valence electrons. The zero-order chi connectivity index (χ0) is 22.7. The zero-order valence-electron chi connectivity index (χ0n) is 17.7. The Hall–Kier alpha value is -0.780. The minimum absolute atomic E-state index is 0.00321. The fourth-order valence-corrected chi connectivity index (χ4v) is 6.52. The lowest BCUT2D eigenvalue weighted by Gasteiger charge is -2.20. The largest absolute Gasteiger partial charge is 0.487 e. The summed E-state index contributed by atoms with van der Waals surface area (Å²) >= 11 is 12.2. The normalized spacial score (nSPS) is 16.9. The number of amides is 1. The van der Waals surface area contributed by atoms with Gasteiger partial charge in [-0.25, -0.2) is 0 Å². The molecule has 0 N–H and O–H groups in total. The standard InChI is InChI=1S/C23H23ClI2N2O2S/c1-13(2)27-23-28(14(3)4)22(29)20(31-23)11-15-9-18(25)21(19(26)10-15)30-12-16-7-5-6-8-17(16)24/h5-11,13-14H,12H2,1-4H3/b20-11+,27-23?. The van der Waals surface area contributed by atoms with Crippen LogP contribution < -0.4 is 4.74 Å². The average Bonchev–Trinajstić information content (AvgIpc) is 2.96. The number of hydrogen-bond donors (Lipinski definition) is 0. The minimum atomic E-state index is 0.00321. The van der Waals surface area contributed by atoms with Gasteiger partial charge in [0.05, 0.1) is 12.0 Å². The van der Waals surface area contributed by atoms with E-state index >= 15 is 0 Å². The van der Waals surface area contributed by atoms with Gasteiger partial charge < -0.3 is 4.74 Å². The fourth-order valence-electron chi connectivity index (χ4n) is 2.97. The van der Waals surface area contributed by atoms with E-state index < -0.39 is 0 Å². The fraction of sp³-hybridized carbons (Fsp3) is 0.304. The number of halogens is 3. The molecule has 1 aliphatic heterocycles. The summed E-state index contributed by atoms with van der Waals surface area (Å²) in [5.74, 6) is 0.822. The molecule has 1 fully saturated rings. The highest BCUT2D eigenvalue weighted by molar-refractivity contribution is 14.1. The second kappa shape index (κ2) is 10.9. The Morgan fingerprint density at radius 2 is 1.81 bits per heavy atom. The van der Waals surface area contributed by atoms with Crippen molar-refractivity contribution in [1.82, 2.24) is 4.90 Å². The van der Waals surface area contributed by atoms with Crippen molar-refractivity contribution >= 4 is 85.7 Å². The molecule has 2 aromatic carbocycles. The number of hydrogen-bond acceptors (Lipinski definition) is 4. The SMILES string of the molecule is CC(C)N=C1S/C(=C/c2cc(I)c(OCc3ccccc3Cl)c(I)c2)C(=O)N1C(C)C. The molecule has 0 radical (unpaired) electrons. The predicted molar refractivity (Wildman–Crippen MR) is 148 cm³/mol. The smallest absolute Gasteiger partial charge is 0.266 e. The molecule has 1 amide bonds. The molecule has 2 aromatic rings. The van der Waals surface area contributed by atoms with E-state index in [1.54, 1.807) is 4.90 Å². The summed E-state index contributed by atoms with van der Waals surface area (Å²) in [6.07, 6.45) is 1.94. The third kappa shape index (κ3) is 6.17. The molecule has 0 atom stereocenters. The Kier molecular flexibility index (Phi) is 8.73. The molecule has 0 saturated carbocycles. The number of amidine groups is 1. The number of carbonyl (C=O) groups excluding carboxylic acids is 1. The van der Waals surface area contributed by atoms with E-state index in [9.17, 15) is 4.79 Å². The first-order valence-electron chi connectivity index (χ1n) is 9.83. The van der Waals surface area contributed by atoms with Crippen LogP contribution in [-0.2, 0) is 11.4 Å². The van der Waals surface area contributed by atoms with Crippen molar-refractivity contribution in [3.63, 3.8) is 0 Å². The third-order valence-corrected chi connectivity index (χ3v) is 7.34. The highest BCUT2D eigenvalue weighted by Crippen LogP contribution is 2.36. The van der Waals surface area contributed by atoms with Crippen molar-refractivity contribution in [3.05, 3.63) is 64.6 Å². The Morgan fingerprint density at radius 3 is 2.39 bits per heavy atom. The summed E-state index contributed by atoms with van der Waals surface area (Å²) in [6, 6.07) is 11.9. The summed E-state index contributed by atoms with van der Waals surface area (Å²) in [5, 5.41) is 1.46. The monoisotopic (exact) mass is 680 g/mol. The molecule has 1 heterocycles. The van der Waals surface area contributed by atoms with Crippen LogP contribution in [0.2, 0.25) is 5.02 Å². The molecule has 4 nitrogen and oxygen atoms in total. The second-order valence-electron chi connectivity index (χ2n) is 7.58. The van der Waals surface area contributed by atoms with Crippen molar-refractivity contribution < 1.29 is 9.53 Å². The van der Waals surface area contributed by atoms with Gasteiger partial charge in [0, 0.05) is 22.7 Å². The quantitative estimate of drug-likeness (QED) is 0.239. The number of aliphatic imine (C=N–C) groups is 1. The molecule has 3 rings (SSSR count).